The zero-order valence-electron chi connectivity index (χ0n) is 16.0. The Morgan fingerprint density at radius 3 is 2.63 bits per heavy atom. The Balaban J connectivity index is 1.49. The van der Waals surface area contributed by atoms with Crippen LogP contribution in [0, 0.1) is 0 Å². The number of anilines is 1. The minimum atomic E-state index is -0.330. The smallest absolute Gasteiger partial charge is 0.274 e. The summed E-state index contributed by atoms with van der Waals surface area (Å²) in [6, 6.07) is 16.6. The van der Waals surface area contributed by atoms with Crippen LogP contribution in [0.1, 0.15) is 11.3 Å². The molecular weight excluding hydrogens is 404 g/mol. The molecule has 2 aromatic carbocycles. The standard InChI is InChI=1S/C20H18N6O3S/c1-29-15-9-7-13(8-10-15)11-16-18(28)22-19-23-24-20(26(19)25-16)30-12-17(27)21-14-5-3-2-4-6-14/h2-10H,11-12H2,1H3,(H,21,27)(H,22,23,28). The lowest BCUT2D eigenvalue weighted by Gasteiger charge is -2.05. The molecule has 2 aromatic heterocycles. The number of nitrogens with one attached hydrogen (secondary N) is 2. The predicted octanol–water partition coefficient (Wildman–Crippen LogP) is 2.14. The van der Waals surface area contributed by atoms with Crippen molar-refractivity contribution in [3.63, 3.8) is 0 Å². The number of thioether (sulfide) groups is 1. The van der Waals surface area contributed by atoms with Gasteiger partial charge in [-0.2, -0.15) is 9.61 Å². The molecule has 0 fully saturated rings. The fraction of sp³-hybridized carbons (Fsp3) is 0.150. The van der Waals surface area contributed by atoms with E-state index in [1.165, 1.54) is 16.3 Å². The number of aromatic nitrogens is 5. The average molecular weight is 422 g/mol. The molecule has 4 aromatic rings. The van der Waals surface area contributed by atoms with Crippen LogP contribution in [0.4, 0.5) is 5.69 Å². The summed E-state index contributed by atoms with van der Waals surface area (Å²) in [5, 5.41) is 15.6. The molecule has 30 heavy (non-hydrogen) atoms. The highest BCUT2D eigenvalue weighted by atomic mass is 32.2. The van der Waals surface area contributed by atoms with E-state index in [1.54, 1.807) is 7.11 Å². The highest BCUT2D eigenvalue weighted by Crippen LogP contribution is 2.17. The van der Waals surface area contributed by atoms with Gasteiger partial charge in [0.25, 0.3) is 11.3 Å². The molecule has 0 radical (unpaired) electrons. The molecule has 2 heterocycles. The summed E-state index contributed by atoms with van der Waals surface area (Å²) in [6.45, 7) is 0. The number of hydrogen-bond acceptors (Lipinski definition) is 7. The molecule has 10 heteroatoms. The first kappa shape index (κ1) is 19.6. The summed E-state index contributed by atoms with van der Waals surface area (Å²) < 4.78 is 6.60. The van der Waals surface area contributed by atoms with Crippen LogP contribution < -0.4 is 15.6 Å². The molecule has 0 bridgehead atoms. The topological polar surface area (TPSA) is 114 Å². The van der Waals surface area contributed by atoms with Crippen molar-refractivity contribution in [2.45, 2.75) is 11.6 Å². The number of ether oxygens (including phenoxy) is 1. The van der Waals surface area contributed by atoms with Crippen molar-refractivity contribution in [1.29, 1.82) is 0 Å². The molecule has 1 amide bonds. The monoisotopic (exact) mass is 422 g/mol. The van der Waals surface area contributed by atoms with E-state index in [2.05, 4.69) is 25.6 Å². The lowest BCUT2D eigenvalue weighted by Crippen LogP contribution is -2.19. The molecule has 0 aliphatic rings. The van der Waals surface area contributed by atoms with E-state index < -0.39 is 0 Å². The second-order valence-electron chi connectivity index (χ2n) is 6.35. The Bertz CT molecular complexity index is 1220. The number of hydrogen-bond donors (Lipinski definition) is 2. The zero-order valence-corrected chi connectivity index (χ0v) is 16.8. The first-order valence-electron chi connectivity index (χ1n) is 9.07. The SMILES string of the molecule is COc1ccc(Cc2nn3c(SCC(=O)Nc4ccccc4)nnc3[nH]c2=O)cc1. The van der Waals surface area contributed by atoms with E-state index in [-0.39, 0.29) is 23.0 Å². The number of fused-ring (bicyclic) bond motifs is 1. The van der Waals surface area contributed by atoms with Gasteiger partial charge in [-0.15, -0.1) is 10.2 Å². The van der Waals surface area contributed by atoms with Crippen molar-refractivity contribution < 1.29 is 9.53 Å². The minimum absolute atomic E-state index is 0.129. The molecule has 2 N–H and O–H groups in total. The fourth-order valence-corrected chi connectivity index (χ4v) is 3.44. The molecule has 0 aliphatic carbocycles. The van der Waals surface area contributed by atoms with Gasteiger partial charge in [0.05, 0.1) is 12.9 Å². The summed E-state index contributed by atoms with van der Waals surface area (Å²) in [4.78, 5) is 27.2. The molecule has 4 rings (SSSR count). The van der Waals surface area contributed by atoms with Crippen molar-refractivity contribution in [1.82, 2.24) is 24.8 Å². The normalized spacial score (nSPS) is 10.8. The zero-order chi connectivity index (χ0) is 20.9. The summed E-state index contributed by atoms with van der Waals surface area (Å²) in [5.74, 6) is 0.919. The number of amides is 1. The number of carbonyl (C=O) groups excluding carboxylic acids is 1. The summed E-state index contributed by atoms with van der Waals surface area (Å²) in [5.41, 5.74) is 1.63. The van der Waals surface area contributed by atoms with Gasteiger partial charge in [-0.05, 0) is 29.8 Å². The van der Waals surface area contributed by atoms with Gasteiger partial charge in [0.15, 0.2) is 0 Å². The van der Waals surface area contributed by atoms with Gasteiger partial charge in [-0.3, -0.25) is 14.6 Å². The number of carbonyl (C=O) groups is 1. The number of benzene rings is 2. The van der Waals surface area contributed by atoms with Gasteiger partial charge < -0.3 is 10.1 Å². The van der Waals surface area contributed by atoms with Crippen molar-refractivity contribution in [2.75, 3.05) is 18.2 Å². The van der Waals surface area contributed by atoms with E-state index in [9.17, 15) is 9.59 Å². The third kappa shape index (κ3) is 4.49. The maximum Gasteiger partial charge on any atom is 0.274 e. The van der Waals surface area contributed by atoms with Crippen LogP contribution in [0.2, 0.25) is 0 Å². The van der Waals surface area contributed by atoms with Crippen LogP contribution in [0.15, 0.2) is 64.5 Å². The Hall–Kier alpha value is -3.66. The second-order valence-corrected chi connectivity index (χ2v) is 7.29. The lowest BCUT2D eigenvalue weighted by molar-refractivity contribution is -0.113. The van der Waals surface area contributed by atoms with Gasteiger partial charge in [0.1, 0.15) is 11.4 Å². The first-order valence-corrected chi connectivity index (χ1v) is 10.1. The van der Waals surface area contributed by atoms with Gasteiger partial charge in [-0.25, -0.2) is 0 Å². The first-order chi connectivity index (χ1) is 14.6. The van der Waals surface area contributed by atoms with Crippen molar-refractivity contribution in [2.24, 2.45) is 0 Å². The number of para-hydroxylation sites is 1. The number of rotatable bonds is 7. The maximum absolute atomic E-state index is 12.3. The predicted molar refractivity (Wildman–Crippen MR) is 113 cm³/mol. The highest BCUT2D eigenvalue weighted by Gasteiger charge is 2.14. The van der Waals surface area contributed by atoms with Gasteiger partial charge in [0, 0.05) is 12.1 Å². The fourth-order valence-electron chi connectivity index (χ4n) is 2.76. The third-order valence-electron chi connectivity index (χ3n) is 4.24. The Labute approximate surface area is 175 Å². The lowest BCUT2D eigenvalue weighted by atomic mass is 10.1. The molecule has 0 atom stereocenters. The van der Waals surface area contributed by atoms with Gasteiger partial charge >= 0.3 is 0 Å². The maximum atomic E-state index is 12.3. The summed E-state index contributed by atoms with van der Waals surface area (Å²) >= 11 is 1.19. The number of nitrogens with zero attached hydrogens (tertiary/aromatic N) is 4. The highest BCUT2D eigenvalue weighted by molar-refractivity contribution is 7.99. The van der Waals surface area contributed by atoms with Gasteiger partial charge in [0.2, 0.25) is 11.1 Å². The van der Waals surface area contributed by atoms with E-state index in [0.717, 1.165) is 17.0 Å². The average Bonchev–Trinajstić information content (AvgIpc) is 3.15. The van der Waals surface area contributed by atoms with Crippen LogP contribution in [0.5, 0.6) is 5.75 Å². The van der Waals surface area contributed by atoms with Crippen molar-refractivity contribution in [3.05, 3.63) is 76.2 Å². The number of methoxy groups -OCH3 is 1. The van der Waals surface area contributed by atoms with Crippen LogP contribution in [-0.4, -0.2) is 43.6 Å². The van der Waals surface area contributed by atoms with E-state index in [4.69, 9.17) is 4.74 Å². The number of H-pyrrole nitrogens is 1. The van der Waals surface area contributed by atoms with Gasteiger partial charge in [-0.1, -0.05) is 42.1 Å². The second kappa shape index (κ2) is 8.78. The Kier molecular flexibility index (Phi) is 5.75. The van der Waals surface area contributed by atoms with Crippen LogP contribution in [0.3, 0.4) is 0 Å². The largest absolute Gasteiger partial charge is 0.497 e. The molecule has 0 saturated heterocycles. The van der Waals surface area contributed by atoms with E-state index in [0.29, 0.717) is 17.3 Å². The Morgan fingerprint density at radius 2 is 1.90 bits per heavy atom. The summed E-state index contributed by atoms with van der Waals surface area (Å²) in [7, 11) is 1.60. The van der Waals surface area contributed by atoms with E-state index in [1.807, 2.05) is 54.6 Å². The van der Waals surface area contributed by atoms with Crippen molar-refractivity contribution in [3.8, 4) is 5.75 Å². The third-order valence-corrected chi connectivity index (χ3v) is 5.16. The molecule has 9 nitrogen and oxygen atoms in total. The Morgan fingerprint density at radius 1 is 1.13 bits per heavy atom. The molecule has 0 unspecified atom stereocenters. The number of aromatic amines is 1. The molecule has 0 aliphatic heterocycles. The van der Waals surface area contributed by atoms with Crippen LogP contribution in [-0.2, 0) is 11.2 Å². The molecular formula is C20H18N6O3S. The van der Waals surface area contributed by atoms with Crippen LogP contribution in [0.25, 0.3) is 5.78 Å². The summed E-state index contributed by atoms with van der Waals surface area (Å²) in [6.07, 6.45) is 0.339. The molecule has 152 valence electrons. The molecule has 0 spiro atoms. The quantitative estimate of drug-likeness (QED) is 0.439. The molecule has 0 saturated carbocycles. The van der Waals surface area contributed by atoms with Crippen molar-refractivity contribution >= 4 is 29.1 Å². The van der Waals surface area contributed by atoms with E-state index >= 15 is 0 Å². The minimum Gasteiger partial charge on any atom is -0.497 e. The van der Waals surface area contributed by atoms with Crippen LogP contribution >= 0.6 is 11.8 Å².